The molecular formula is C13H18N4O2S2. The fraction of sp³-hybridized carbons (Fsp3) is 0.231. The highest BCUT2D eigenvalue weighted by Crippen LogP contribution is 2.17. The van der Waals surface area contributed by atoms with Gasteiger partial charge in [0.25, 0.3) is 0 Å². The zero-order chi connectivity index (χ0) is 16.0. The summed E-state index contributed by atoms with van der Waals surface area (Å²) in [7, 11) is -0.515. The number of nitrogens with zero attached hydrogens (tertiary/aromatic N) is 2. The molecule has 8 heteroatoms. The summed E-state index contributed by atoms with van der Waals surface area (Å²) in [5.74, 6) is 0. The van der Waals surface area contributed by atoms with E-state index in [2.05, 4.69) is 22.4 Å². The molecule has 21 heavy (non-hydrogen) atoms. The van der Waals surface area contributed by atoms with Crippen LogP contribution in [0, 0.1) is 0 Å². The van der Waals surface area contributed by atoms with Crippen LogP contribution < -0.4 is 10.7 Å². The van der Waals surface area contributed by atoms with Gasteiger partial charge in [-0.25, -0.2) is 12.7 Å². The van der Waals surface area contributed by atoms with Crippen molar-refractivity contribution in [2.24, 2.45) is 5.10 Å². The fourth-order valence-corrected chi connectivity index (χ4v) is 2.42. The maximum absolute atomic E-state index is 12.0. The number of sulfonamides is 1. The molecule has 0 radical (unpaired) electrons. The van der Waals surface area contributed by atoms with Crippen molar-refractivity contribution in [3.8, 4) is 0 Å². The number of hydrogen-bond acceptors (Lipinski definition) is 4. The first kappa shape index (κ1) is 17.3. The van der Waals surface area contributed by atoms with Crippen molar-refractivity contribution in [1.82, 2.24) is 9.73 Å². The summed E-state index contributed by atoms with van der Waals surface area (Å²) in [6.07, 6.45) is 1.53. The molecule has 6 nitrogen and oxygen atoms in total. The summed E-state index contributed by atoms with van der Waals surface area (Å²) in [4.78, 5) is 0.186. The van der Waals surface area contributed by atoms with E-state index in [1.807, 2.05) is 0 Å². The summed E-state index contributed by atoms with van der Waals surface area (Å²) in [6.45, 7) is 5.47. The maximum Gasteiger partial charge on any atom is 0.242 e. The number of allylic oxidation sites excluding steroid dienone is 1. The second-order valence-electron chi connectivity index (χ2n) is 4.49. The lowest BCUT2D eigenvalue weighted by Gasteiger charge is -2.13. The van der Waals surface area contributed by atoms with Gasteiger partial charge in [-0.3, -0.25) is 5.43 Å². The first-order valence-corrected chi connectivity index (χ1v) is 7.86. The molecule has 2 N–H and O–H groups in total. The Labute approximate surface area is 130 Å². The van der Waals surface area contributed by atoms with Crippen molar-refractivity contribution in [1.29, 1.82) is 0 Å². The molecule has 0 aromatic heterocycles. The number of thiocarbonyl (C=S) groups is 1. The molecule has 0 aliphatic rings. The van der Waals surface area contributed by atoms with Gasteiger partial charge in [-0.05, 0) is 42.9 Å². The van der Waals surface area contributed by atoms with Crippen LogP contribution in [0.4, 0.5) is 5.69 Å². The third-order valence-electron chi connectivity index (χ3n) is 2.32. The SMILES string of the molecule is C=C(C)/C=N/NC(=S)Nc1cccc(S(=O)(=O)N(C)C)c1. The third kappa shape index (κ3) is 5.25. The molecule has 0 saturated heterocycles. The second kappa shape index (κ2) is 7.30. The quantitative estimate of drug-likeness (QED) is 0.490. The van der Waals surface area contributed by atoms with Crippen LogP contribution >= 0.6 is 12.2 Å². The summed E-state index contributed by atoms with van der Waals surface area (Å²) in [5, 5.41) is 6.98. The van der Waals surface area contributed by atoms with E-state index < -0.39 is 10.0 Å². The van der Waals surface area contributed by atoms with Gasteiger partial charge in [0.1, 0.15) is 0 Å². The average molecular weight is 326 g/mol. The zero-order valence-corrected chi connectivity index (χ0v) is 13.8. The molecule has 114 valence electrons. The number of benzene rings is 1. The number of nitrogens with one attached hydrogen (secondary N) is 2. The van der Waals surface area contributed by atoms with E-state index in [4.69, 9.17) is 12.2 Å². The Morgan fingerprint density at radius 3 is 2.67 bits per heavy atom. The highest BCUT2D eigenvalue weighted by Gasteiger charge is 2.17. The van der Waals surface area contributed by atoms with E-state index in [0.29, 0.717) is 5.69 Å². The van der Waals surface area contributed by atoms with Gasteiger partial charge in [-0.1, -0.05) is 12.6 Å². The van der Waals surface area contributed by atoms with Crippen molar-refractivity contribution in [3.63, 3.8) is 0 Å². The first-order chi connectivity index (χ1) is 9.73. The Morgan fingerprint density at radius 1 is 1.43 bits per heavy atom. The second-order valence-corrected chi connectivity index (χ2v) is 7.05. The van der Waals surface area contributed by atoms with Gasteiger partial charge in [0.05, 0.1) is 4.90 Å². The highest BCUT2D eigenvalue weighted by molar-refractivity contribution is 7.89. The third-order valence-corrected chi connectivity index (χ3v) is 4.33. The lowest BCUT2D eigenvalue weighted by atomic mass is 10.3. The number of anilines is 1. The lowest BCUT2D eigenvalue weighted by Crippen LogP contribution is -2.25. The Hall–Kier alpha value is -1.77. The molecule has 0 spiro atoms. The van der Waals surface area contributed by atoms with Crippen LogP contribution in [-0.2, 0) is 10.0 Å². The molecule has 0 amide bonds. The van der Waals surface area contributed by atoms with Gasteiger partial charge in [0.15, 0.2) is 5.11 Å². The summed E-state index contributed by atoms with van der Waals surface area (Å²) >= 11 is 5.05. The van der Waals surface area contributed by atoms with Crippen LogP contribution in [0.15, 0.2) is 46.4 Å². The predicted octanol–water partition coefficient (Wildman–Crippen LogP) is 1.79. The van der Waals surface area contributed by atoms with Gasteiger partial charge in [0.2, 0.25) is 10.0 Å². The molecule has 0 saturated carbocycles. The summed E-state index contributed by atoms with van der Waals surface area (Å²) in [5.41, 5.74) is 3.95. The Morgan fingerprint density at radius 2 is 2.10 bits per heavy atom. The minimum absolute atomic E-state index is 0.186. The van der Waals surface area contributed by atoms with Crippen LogP contribution in [0.3, 0.4) is 0 Å². The van der Waals surface area contributed by atoms with Crippen LogP contribution in [0.25, 0.3) is 0 Å². The maximum atomic E-state index is 12.0. The predicted molar refractivity (Wildman–Crippen MR) is 90.0 cm³/mol. The average Bonchev–Trinajstić information content (AvgIpc) is 2.38. The van der Waals surface area contributed by atoms with Gasteiger partial charge in [-0.2, -0.15) is 5.10 Å². The highest BCUT2D eigenvalue weighted by atomic mass is 32.2. The van der Waals surface area contributed by atoms with E-state index in [0.717, 1.165) is 9.88 Å². The van der Waals surface area contributed by atoms with Crippen LogP contribution in [-0.4, -0.2) is 38.1 Å². The Bertz CT molecular complexity index is 667. The van der Waals surface area contributed by atoms with Gasteiger partial charge in [0, 0.05) is 26.0 Å². The largest absolute Gasteiger partial charge is 0.331 e. The number of rotatable bonds is 5. The van der Waals surface area contributed by atoms with Crippen molar-refractivity contribution in [3.05, 3.63) is 36.4 Å². The lowest BCUT2D eigenvalue weighted by molar-refractivity contribution is 0.521. The van der Waals surface area contributed by atoms with Gasteiger partial charge in [-0.15, -0.1) is 0 Å². The summed E-state index contributed by atoms with van der Waals surface area (Å²) < 4.78 is 25.2. The van der Waals surface area contributed by atoms with E-state index in [1.165, 1.54) is 32.4 Å². The van der Waals surface area contributed by atoms with Crippen molar-refractivity contribution >= 4 is 39.3 Å². The monoisotopic (exact) mass is 326 g/mol. The molecule has 1 aromatic rings. The fourth-order valence-electron chi connectivity index (χ4n) is 1.31. The molecule has 0 fully saturated rings. The topological polar surface area (TPSA) is 73.8 Å². The van der Waals surface area contributed by atoms with E-state index in [9.17, 15) is 8.42 Å². The smallest absolute Gasteiger partial charge is 0.242 e. The van der Waals surface area contributed by atoms with Crippen LogP contribution in [0.1, 0.15) is 6.92 Å². The zero-order valence-electron chi connectivity index (χ0n) is 12.1. The Balaban J connectivity index is 2.83. The number of hydrogen-bond donors (Lipinski definition) is 2. The molecule has 1 rings (SSSR count). The normalized spacial score (nSPS) is 11.6. The molecule has 0 heterocycles. The van der Waals surface area contributed by atoms with Gasteiger partial charge >= 0.3 is 0 Å². The van der Waals surface area contributed by atoms with E-state index in [1.54, 1.807) is 19.1 Å². The molecule has 0 bridgehead atoms. The molecular weight excluding hydrogens is 308 g/mol. The molecule has 1 aromatic carbocycles. The van der Waals surface area contributed by atoms with Crippen LogP contribution in [0.2, 0.25) is 0 Å². The first-order valence-electron chi connectivity index (χ1n) is 6.01. The van der Waals surface area contributed by atoms with Gasteiger partial charge < -0.3 is 5.32 Å². The minimum Gasteiger partial charge on any atom is -0.331 e. The standard InChI is InChI=1S/C13H18N4O2S2/c1-10(2)9-14-16-13(20)15-11-6-5-7-12(8-11)21(18,19)17(3)4/h5-9H,1H2,2-4H3,(H2,15,16,20)/b14-9+. The molecule has 0 unspecified atom stereocenters. The minimum atomic E-state index is -3.47. The Kier molecular flexibility index (Phi) is 6.01. The molecule has 0 atom stereocenters. The van der Waals surface area contributed by atoms with Crippen LogP contribution in [0.5, 0.6) is 0 Å². The van der Waals surface area contributed by atoms with Crippen molar-refractivity contribution in [2.75, 3.05) is 19.4 Å². The van der Waals surface area contributed by atoms with E-state index >= 15 is 0 Å². The van der Waals surface area contributed by atoms with Crippen molar-refractivity contribution in [2.45, 2.75) is 11.8 Å². The molecule has 0 aliphatic heterocycles. The number of hydrazone groups is 1. The summed E-state index contributed by atoms with van der Waals surface area (Å²) in [6, 6.07) is 6.38. The van der Waals surface area contributed by atoms with E-state index in [-0.39, 0.29) is 10.0 Å². The van der Waals surface area contributed by atoms with Crippen molar-refractivity contribution < 1.29 is 8.42 Å². The molecule has 0 aliphatic carbocycles.